The van der Waals surface area contributed by atoms with E-state index in [0.29, 0.717) is 55.2 Å². The third-order valence-corrected chi connectivity index (χ3v) is 6.77. The Kier molecular flexibility index (Phi) is 6.26. The van der Waals surface area contributed by atoms with Gasteiger partial charge in [0, 0.05) is 25.1 Å². The minimum atomic E-state index is -4.43. The number of nitrogens with zero attached hydrogens (tertiary/aromatic N) is 4. The van der Waals surface area contributed by atoms with Crippen LogP contribution < -0.4 is 15.4 Å². The van der Waals surface area contributed by atoms with Gasteiger partial charge in [-0.3, -0.25) is 4.79 Å². The fraction of sp³-hybridized carbons (Fsp3) is 0.360. The molecule has 37 heavy (non-hydrogen) atoms. The molecule has 1 spiro atoms. The lowest BCUT2D eigenvalue weighted by molar-refractivity contribution is -0.137. The molecule has 3 heterocycles. The first kappa shape index (κ1) is 24.6. The summed E-state index contributed by atoms with van der Waals surface area (Å²) in [6.07, 6.45) is -3.00. The highest BCUT2D eigenvalue weighted by atomic mass is 19.4. The van der Waals surface area contributed by atoms with Crippen LogP contribution in [-0.4, -0.2) is 57.3 Å². The van der Waals surface area contributed by atoms with Gasteiger partial charge in [0.1, 0.15) is 18.1 Å². The summed E-state index contributed by atoms with van der Waals surface area (Å²) < 4.78 is 45.5. The number of carbonyl (C=O) groups excluding carboxylic acids is 2. The molecule has 3 aromatic rings. The van der Waals surface area contributed by atoms with Gasteiger partial charge < -0.3 is 20.3 Å². The molecule has 2 aliphatic rings. The first-order valence-corrected chi connectivity index (χ1v) is 11.8. The van der Waals surface area contributed by atoms with E-state index >= 15 is 0 Å². The van der Waals surface area contributed by atoms with Crippen molar-refractivity contribution in [3.05, 3.63) is 59.9 Å². The molecule has 1 aromatic heterocycles. The highest BCUT2D eigenvalue weighted by Crippen LogP contribution is 2.32. The number of piperidine rings is 1. The fourth-order valence-electron chi connectivity index (χ4n) is 4.76. The van der Waals surface area contributed by atoms with Gasteiger partial charge >= 0.3 is 12.2 Å². The highest BCUT2D eigenvalue weighted by molar-refractivity contribution is 5.91. The maximum atomic E-state index is 12.9. The second-order valence-corrected chi connectivity index (χ2v) is 9.21. The van der Waals surface area contributed by atoms with E-state index < -0.39 is 17.3 Å². The molecule has 0 bridgehead atoms. The molecule has 12 heteroatoms. The van der Waals surface area contributed by atoms with Crippen LogP contribution in [0.2, 0.25) is 0 Å². The van der Waals surface area contributed by atoms with E-state index in [4.69, 9.17) is 4.74 Å². The zero-order valence-electron chi connectivity index (χ0n) is 20.0. The lowest BCUT2D eigenvalue weighted by Crippen LogP contribution is -2.57. The zero-order valence-corrected chi connectivity index (χ0v) is 20.0. The fourth-order valence-corrected chi connectivity index (χ4v) is 4.76. The number of aromatic nitrogens is 3. The number of hydrogen-bond donors (Lipinski definition) is 2. The van der Waals surface area contributed by atoms with Crippen molar-refractivity contribution in [3.63, 3.8) is 0 Å². The SMILES string of the molecule is COc1ccccc1NC(=O)N1CCC2(CC1)Cc1nc(-c3ccc(C(F)(F)F)cc3)nn1CC(=O)N2. The van der Waals surface area contributed by atoms with E-state index in [9.17, 15) is 22.8 Å². The predicted molar refractivity (Wildman–Crippen MR) is 128 cm³/mol. The van der Waals surface area contributed by atoms with Crippen LogP contribution in [0.25, 0.3) is 11.4 Å². The summed E-state index contributed by atoms with van der Waals surface area (Å²) in [5.74, 6) is 1.17. The largest absolute Gasteiger partial charge is 0.495 e. The van der Waals surface area contributed by atoms with Crippen molar-refractivity contribution in [1.29, 1.82) is 0 Å². The lowest BCUT2D eigenvalue weighted by atomic mass is 9.84. The van der Waals surface area contributed by atoms with Gasteiger partial charge in [0.2, 0.25) is 5.91 Å². The summed E-state index contributed by atoms with van der Waals surface area (Å²) in [4.78, 5) is 31.8. The minimum absolute atomic E-state index is 0.0390. The van der Waals surface area contributed by atoms with Gasteiger partial charge in [0.05, 0.1) is 23.9 Å². The van der Waals surface area contributed by atoms with Crippen LogP contribution >= 0.6 is 0 Å². The van der Waals surface area contributed by atoms with E-state index in [2.05, 4.69) is 20.7 Å². The maximum absolute atomic E-state index is 12.9. The van der Waals surface area contributed by atoms with Crippen LogP contribution in [-0.2, 0) is 23.9 Å². The molecule has 2 N–H and O–H groups in total. The van der Waals surface area contributed by atoms with Crippen LogP contribution in [0.4, 0.5) is 23.7 Å². The molecular weight excluding hydrogens is 489 g/mol. The average molecular weight is 515 g/mol. The standard InChI is InChI=1S/C25H25F3N6O3/c1-37-19-5-3-2-4-18(19)29-23(36)33-12-10-24(11-13-33)14-20-30-22(32-34(20)15-21(35)31-24)16-6-8-17(9-7-16)25(26,27)28/h2-9H,10-15H2,1H3,(H,29,36)(H,31,35). The summed E-state index contributed by atoms with van der Waals surface area (Å²) in [6.45, 7) is 0.797. The molecule has 0 atom stereocenters. The first-order chi connectivity index (χ1) is 17.7. The van der Waals surface area contributed by atoms with Crippen molar-refractivity contribution >= 4 is 17.6 Å². The Morgan fingerprint density at radius 1 is 1.11 bits per heavy atom. The van der Waals surface area contributed by atoms with Gasteiger partial charge in [-0.2, -0.15) is 18.3 Å². The molecular formula is C25H25F3N6O3. The van der Waals surface area contributed by atoms with Gasteiger partial charge in [-0.15, -0.1) is 0 Å². The molecule has 194 valence electrons. The number of benzene rings is 2. The van der Waals surface area contributed by atoms with Crippen LogP contribution in [0.1, 0.15) is 24.2 Å². The van der Waals surface area contributed by atoms with Crippen molar-refractivity contribution in [2.75, 3.05) is 25.5 Å². The summed E-state index contributed by atoms with van der Waals surface area (Å²) in [7, 11) is 1.53. The number of rotatable bonds is 3. The van der Waals surface area contributed by atoms with Crippen LogP contribution in [0.15, 0.2) is 48.5 Å². The monoisotopic (exact) mass is 514 g/mol. The quantitative estimate of drug-likeness (QED) is 0.555. The topological polar surface area (TPSA) is 101 Å². The minimum Gasteiger partial charge on any atom is -0.495 e. The number of para-hydroxylation sites is 2. The average Bonchev–Trinajstić information content (AvgIpc) is 3.20. The van der Waals surface area contributed by atoms with Gasteiger partial charge in [-0.1, -0.05) is 24.3 Å². The number of anilines is 1. The van der Waals surface area contributed by atoms with Crippen molar-refractivity contribution in [2.45, 2.75) is 37.5 Å². The molecule has 9 nitrogen and oxygen atoms in total. The number of methoxy groups -OCH3 is 1. The molecule has 0 radical (unpaired) electrons. The normalized spacial score (nSPS) is 17.1. The van der Waals surface area contributed by atoms with Crippen molar-refractivity contribution in [3.8, 4) is 17.1 Å². The van der Waals surface area contributed by atoms with Crippen molar-refractivity contribution in [1.82, 2.24) is 25.0 Å². The molecule has 3 amide bonds. The molecule has 0 saturated carbocycles. The molecule has 2 aromatic carbocycles. The van der Waals surface area contributed by atoms with Crippen LogP contribution in [0, 0.1) is 0 Å². The third-order valence-electron chi connectivity index (χ3n) is 6.77. The number of carbonyl (C=O) groups is 2. The molecule has 1 fully saturated rings. The van der Waals surface area contributed by atoms with Crippen LogP contribution in [0.3, 0.4) is 0 Å². The first-order valence-electron chi connectivity index (χ1n) is 11.8. The second-order valence-electron chi connectivity index (χ2n) is 9.21. The van der Waals surface area contributed by atoms with Crippen molar-refractivity contribution in [2.24, 2.45) is 0 Å². The van der Waals surface area contributed by atoms with Gasteiger partial charge in [-0.25, -0.2) is 14.5 Å². The van der Waals surface area contributed by atoms with E-state index in [1.807, 2.05) is 6.07 Å². The number of halogens is 3. The Labute approximate surface area is 210 Å². The maximum Gasteiger partial charge on any atom is 0.416 e. The molecule has 1 saturated heterocycles. The van der Waals surface area contributed by atoms with Crippen LogP contribution in [0.5, 0.6) is 5.75 Å². The Morgan fingerprint density at radius 2 is 1.81 bits per heavy atom. The highest BCUT2D eigenvalue weighted by Gasteiger charge is 2.41. The Balaban J connectivity index is 1.29. The molecule has 0 aliphatic carbocycles. The second kappa shape index (κ2) is 9.41. The summed E-state index contributed by atoms with van der Waals surface area (Å²) in [5.41, 5.74) is -0.346. The summed E-state index contributed by atoms with van der Waals surface area (Å²) in [6, 6.07) is 11.5. The number of urea groups is 1. The molecule has 5 rings (SSSR count). The summed E-state index contributed by atoms with van der Waals surface area (Å²) in [5, 5.41) is 10.4. The van der Waals surface area contributed by atoms with E-state index in [1.165, 1.54) is 23.9 Å². The van der Waals surface area contributed by atoms with E-state index in [-0.39, 0.29) is 24.3 Å². The zero-order chi connectivity index (χ0) is 26.2. The van der Waals surface area contributed by atoms with Gasteiger partial charge in [0.25, 0.3) is 0 Å². The lowest BCUT2D eigenvalue weighted by Gasteiger charge is -2.41. The smallest absolute Gasteiger partial charge is 0.416 e. The van der Waals surface area contributed by atoms with Gasteiger partial charge in [-0.05, 0) is 37.1 Å². The summed E-state index contributed by atoms with van der Waals surface area (Å²) >= 11 is 0. The van der Waals surface area contributed by atoms with E-state index in [0.717, 1.165) is 12.1 Å². The van der Waals surface area contributed by atoms with Crippen molar-refractivity contribution < 1.29 is 27.5 Å². The van der Waals surface area contributed by atoms with Gasteiger partial charge in [0.15, 0.2) is 5.82 Å². The number of likely N-dealkylation sites (tertiary alicyclic amines) is 1. The third kappa shape index (κ3) is 5.09. The number of amides is 3. The number of nitrogens with one attached hydrogen (secondary N) is 2. The predicted octanol–water partition coefficient (Wildman–Crippen LogP) is 3.71. The molecule has 2 aliphatic heterocycles. The van der Waals surface area contributed by atoms with E-state index in [1.54, 1.807) is 23.1 Å². The number of ether oxygens (including phenoxy) is 1. The number of fused-ring (bicyclic) bond motifs is 1. The Hall–Kier alpha value is -4.09. The molecule has 0 unspecified atom stereocenters. The Bertz CT molecular complexity index is 1310. The number of alkyl halides is 3. The Morgan fingerprint density at radius 3 is 2.49 bits per heavy atom. The number of hydrogen-bond acceptors (Lipinski definition) is 5.